The van der Waals surface area contributed by atoms with E-state index in [1.165, 1.54) is 56.9 Å². The summed E-state index contributed by atoms with van der Waals surface area (Å²) in [6.07, 6.45) is 11.7. The second kappa shape index (κ2) is 13.4. The zero-order valence-electron chi connectivity index (χ0n) is 15.6. The first kappa shape index (κ1) is 20.0. The number of nitrogens with one attached hydrogen (secondary N) is 1. The summed E-state index contributed by atoms with van der Waals surface area (Å²) in [5.74, 6) is 1.05. The van der Waals surface area contributed by atoms with E-state index in [0.717, 1.165) is 25.3 Å². The predicted molar refractivity (Wildman–Crippen MR) is 101 cm³/mol. The van der Waals surface area contributed by atoms with E-state index in [0.29, 0.717) is 6.04 Å². The molecule has 23 heavy (non-hydrogen) atoms. The summed E-state index contributed by atoms with van der Waals surface area (Å²) in [4.78, 5) is 0. The van der Waals surface area contributed by atoms with Crippen LogP contribution in [-0.4, -0.2) is 13.2 Å². The van der Waals surface area contributed by atoms with Crippen molar-refractivity contribution >= 4 is 0 Å². The van der Waals surface area contributed by atoms with Gasteiger partial charge in [-0.1, -0.05) is 77.0 Å². The average molecular weight is 320 g/mol. The van der Waals surface area contributed by atoms with Gasteiger partial charge in [0.15, 0.2) is 0 Å². The van der Waals surface area contributed by atoms with E-state index in [1.54, 1.807) is 0 Å². The van der Waals surface area contributed by atoms with Crippen molar-refractivity contribution in [1.29, 1.82) is 0 Å². The van der Waals surface area contributed by atoms with Crippen molar-refractivity contribution in [2.45, 2.75) is 84.6 Å². The maximum absolute atomic E-state index is 5.99. The summed E-state index contributed by atoms with van der Waals surface area (Å²) >= 11 is 0. The lowest BCUT2D eigenvalue weighted by Crippen LogP contribution is -2.20. The normalized spacial score (nSPS) is 12.3. The van der Waals surface area contributed by atoms with Crippen LogP contribution < -0.4 is 10.1 Å². The molecule has 1 aromatic carbocycles. The molecule has 2 heteroatoms. The van der Waals surface area contributed by atoms with Gasteiger partial charge in [0.1, 0.15) is 5.75 Å². The molecule has 0 aliphatic carbocycles. The van der Waals surface area contributed by atoms with Crippen molar-refractivity contribution in [2.24, 2.45) is 0 Å². The number of unbranched alkanes of at least 4 members (excludes halogenated alkanes) is 7. The quantitative estimate of drug-likeness (QED) is 0.408. The Morgan fingerprint density at radius 1 is 0.870 bits per heavy atom. The van der Waals surface area contributed by atoms with Crippen LogP contribution in [0, 0.1) is 0 Å². The molecule has 1 unspecified atom stereocenters. The molecule has 0 aromatic heterocycles. The molecule has 1 atom stereocenters. The molecule has 0 amide bonds. The van der Waals surface area contributed by atoms with Crippen molar-refractivity contribution in [1.82, 2.24) is 5.32 Å². The van der Waals surface area contributed by atoms with Crippen LogP contribution in [0.3, 0.4) is 0 Å². The maximum Gasteiger partial charge on any atom is 0.124 e. The fourth-order valence-electron chi connectivity index (χ4n) is 2.84. The Balaban J connectivity index is 2.30. The number of hydrogen-bond acceptors (Lipinski definition) is 2. The minimum atomic E-state index is 0.355. The van der Waals surface area contributed by atoms with Gasteiger partial charge in [0.25, 0.3) is 0 Å². The monoisotopic (exact) mass is 319 g/mol. The molecule has 2 nitrogen and oxygen atoms in total. The fourth-order valence-corrected chi connectivity index (χ4v) is 2.84. The number of hydrogen-bond donors (Lipinski definition) is 1. The SMILES string of the molecule is CCCCCCCCNC(C)c1ccccc1OCCCCC. The summed E-state index contributed by atoms with van der Waals surface area (Å²) in [5, 5.41) is 3.65. The van der Waals surface area contributed by atoms with E-state index >= 15 is 0 Å². The first-order chi connectivity index (χ1) is 11.3. The molecular formula is C21H37NO. The molecular weight excluding hydrogens is 282 g/mol. The molecule has 0 bridgehead atoms. The van der Waals surface area contributed by atoms with Gasteiger partial charge in [-0.05, 0) is 32.4 Å². The van der Waals surface area contributed by atoms with Crippen LogP contribution in [-0.2, 0) is 0 Å². The Hall–Kier alpha value is -1.02. The van der Waals surface area contributed by atoms with E-state index in [9.17, 15) is 0 Å². The highest BCUT2D eigenvalue weighted by Gasteiger charge is 2.10. The van der Waals surface area contributed by atoms with Crippen molar-refractivity contribution in [3.8, 4) is 5.75 Å². The van der Waals surface area contributed by atoms with Crippen LogP contribution in [0.25, 0.3) is 0 Å². The Bertz CT molecular complexity index is 391. The molecule has 0 aliphatic heterocycles. The molecule has 0 saturated carbocycles. The number of para-hydroxylation sites is 1. The molecule has 0 fully saturated rings. The van der Waals surface area contributed by atoms with Gasteiger partial charge in [-0.2, -0.15) is 0 Å². The van der Waals surface area contributed by atoms with Crippen LogP contribution >= 0.6 is 0 Å². The van der Waals surface area contributed by atoms with Crippen molar-refractivity contribution in [2.75, 3.05) is 13.2 Å². The highest BCUT2D eigenvalue weighted by atomic mass is 16.5. The Labute approximate surface area is 144 Å². The molecule has 0 heterocycles. The molecule has 0 radical (unpaired) electrons. The third-order valence-electron chi connectivity index (χ3n) is 4.37. The van der Waals surface area contributed by atoms with Crippen molar-refractivity contribution < 1.29 is 4.74 Å². The number of ether oxygens (including phenoxy) is 1. The number of rotatable bonds is 14. The molecule has 1 N–H and O–H groups in total. The Kier molecular flexibility index (Phi) is 11.7. The zero-order valence-corrected chi connectivity index (χ0v) is 15.6. The molecule has 1 rings (SSSR count). The topological polar surface area (TPSA) is 21.3 Å². The van der Waals surface area contributed by atoms with Gasteiger partial charge in [0.2, 0.25) is 0 Å². The second-order valence-corrected chi connectivity index (χ2v) is 6.54. The standard InChI is InChI=1S/C21H37NO/c1-4-6-8-9-10-13-17-22-19(3)20-15-11-12-16-21(20)23-18-14-7-5-2/h11-12,15-16,19,22H,4-10,13-14,17-18H2,1-3H3. The number of benzene rings is 1. The third kappa shape index (κ3) is 9.00. The highest BCUT2D eigenvalue weighted by Crippen LogP contribution is 2.25. The first-order valence-corrected chi connectivity index (χ1v) is 9.74. The van der Waals surface area contributed by atoms with Gasteiger partial charge < -0.3 is 10.1 Å². The van der Waals surface area contributed by atoms with E-state index in [4.69, 9.17) is 4.74 Å². The third-order valence-corrected chi connectivity index (χ3v) is 4.37. The average Bonchev–Trinajstić information content (AvgIpc) is 2.58. The minimum absolute atomic E-state index is 0.355. The van der Waals surface area contributed by atoms with E-state index < -0.39 is 0 Å². The molecule has 1 aromatic rings. The van der Waals surface area contributed by atoms with Crippen LogP contribution in [0.1, 0.15) is 90.2 Å². The predicted octanol–water partition coefficient (Wildman–Crippen LogP) is 6.27. The molecule has 0 saturated heterocycles. The van der Waals surface area contributed by atoms with Gasteiger partial charge in [-0.15, -0.1) is 0 Å². The van der Waals surface area contributed by atoms with Crippen LogP contribution in [0.5, 0.6) is 5.75 Å². The first-order valence-electron chi connectivity index (χ1n) is 9.74. The van der Waals surface area contributed by atoms with Crippen molar-refractivity contribution in [3.05, 3.63) is 29.8 Å². The van der Waals surface area contributed by atoms with E-state index in [-0.39, 0.29) is 0 Å². The van der Waals surface area contributed by atoms with Gasteiger partial charge in [-0.3, -0.25) is 0 Å². The summed E-state index contributed by atoms with van der Waals surface area (Å²) < 4.78 is 5.99. The lowest BCUT2D eigenvalue weighted by Gasteiger charge is -2.18. The molecule has 0 spiro atoms. The maximum atomic E-state index is 5.99. The summed E-state index contributed by atoms with van der Waals surface area (Å²) in [7, 11) is 0. The highest BCUT2D eigenvalue weighted by molar-refractivity contribution is 5.35. The van der Waals surface area contributed by atoms with Gasteiger partial charge in [-0.25, -0.2) is 0 Å². The van der Waals surface area contributed by atoms with Crippen molar-refractivity contribution in [3.63, 3.8) is 0 Å². The molecule has 0 aliphatic rings. The Morgan fingerprint density at radius 3 is 2.30 bits per heavy atom. The lowest BCUT2D eigenvalue weighted by molar-refractivity contribution is 0.300. The van der Waals surface area contributed by atoms with Crippen LogP contribution in [0.4, 0.5) is 0 Å². The largest absolute Gasteiger partial charge is 0.493 e. The summed E-state index contributed by atoms with van der Waals surface area (Å²) in [6, 6.07) is 8.82. The van der Waals surface area contributed by atoms with E-state index in [1.807, 2.05) is 0 Å². The summed E-state index contributed by atoms with van der Waals surface area (Å²) in [5.41, 5.74) is 1.29. The van der Waals surface area contributed by atoms with Crippen LogP contribution in [0.2, 0.25) is 0 Å². The fraction of sp³-hybridized carbons (Fsp3) is 0.714. The lowest BCUT2D eigenvalue weighted by atomic mass is 10.1. The Morgan fingerprint density at radius 2 is 1.52 bits per heavy atom. The smallest absolute Gasteiger partial charge is 0.124 e. The zero-order chi connectivity index (χ0) is 16.8. The van der Waals surface area contributed by atoms with Gasteiger partial charge >= 0.3 is 0 Å². The van der Waals surface area contributed by atoms with Gasteiger partial charge in [0, 0.05) is 11.6 Å². The van der Waals surface area contributed by atoms with E-state index in [2.05, 4.69) is 50.4 Å². The molecule has 132 valence electrons. The summed E-state index contributed by atoms with van der Waals surface area (Å²) in [6.45, 7) is 8.66. The second-order valence-electron chi connectivity index (χ2n) is 6.54. The minimum Gasteiger partial charge on any atom is -0.493 e. The van der Waals surface area contributed by atoms with Gasteiger partial charge in [0.05, 0.1) is 6.61 Å². The van der Waals surface area contributed by atoms with Crippen LogP contribution in [0.15, 0.2) is 24.3 Å².